The summed E-state index contributed by atoms with van der Waals surface area (Å²) < 4.78 is 7.12. The number of fused-ring (bicyclic) bond motifs is 1. The van der Waals surface area contributed by atoms with Crippen molar-refractivity contribution >= 4 is 52.3 Å². The number of nitrogens with one attached hydrogen (secondary N) is 1. The van der Waals surface area contributed by atoms with Crippen molar-refractivity contribution in [1.29, 1.82) is 0 Å². The smallest absolute Gasteiger partial charge is 0.240 e. The van der Waals surface area contributed by atoms with Gasteiger partial charge in [-0.3, -0.25) is 14.5 Å². The zero-order valence-corrected chi connectivity index (χ0v) is 23.6. The number of anilines is 1. The predicted octanol–water partition coefficient (Wildman–Crippen LogP) is 5.96. The van der Waals surface area contributed by atoms with Crippen LogP contribution in [0.3, 0.4) is 0 Å². The molecule has 1 atom stereocenters. The summed E-state index contributed by atoms with van der Waals surface area (Å²) in [7, 11) is 1.62. The van der Waals surface area contributed by atoms with Crippen LogP contribution >= 0.6 is 34.7 Å². The van der Waals surface area contributed by atoms with E-state index in [0.29, 0.717) is 16.6 Å². The van der Waals surface area contributed by atoms with Gasteiger partial charge >= 0.3 is 0 Å². The summed E-state index contributed by atoms with van der Waals surface area (Å²) in [6, 6.07) is 17.0. The summed E-state index contributed by atoms with van der Waals surface area (Å²) in [6.07, 6.45) is 0. The van der Waals surface area contributed by atoms with Crippen LogP contribution in [0.1, 0.15) is 30.2 Å². The molecule has 4 aromatic rings. The van der Waals surface area contributed by atoms with E-state index in [2.05, 4.69) is 16.8 Å². The molecule has 2 aromatic heterocycles. The second-order valence-corrected chi connectivity index (χ2v) is 11.5. The van der Waals surface area contributed by atoms with Crippen LogP contribution < -0.4 is 15.0 Å². The summed E-state index contributed by atoms with van der Waals surface area (Å²) >= 11 is 9.37. The Balaban J connectivity index is 1.78. The third kappa shape index (κ3) is 5.32. The average Bonchev–Trinajstić information content (AvgIpc) is 3.54. The van der Waals surface area contributed by atoms with E-state index in [1.165, 1.54) is 0 Å². The number of halogens is 1. The van der Waals surface area contributed by atoms with Gasteiger partial charge in [-0.1, -0.05) is 23.7 Å². The van der Waals surface area contributed by atoms with E-state index in [1.807, 2.05) is 67.8 Å². The SMILES string of the molecule is COc1ccc(-n2nc(-c3ccc(Cl)cc3)c3c2N(CC(=O)NC(C)C)C(=O)CS[C@@H]3c2ccsc2)cc1. The molecule has 7 nitrogen and oxygen atoms in total. The zero-order chi connectivity index (χ0) is 26.8. The Morgan fingerprint density at radius 1 is 1.16 bits per heavy atom. The van der Waals surface area contributed by atoms with Gasteiger partial charge in [-0.25, -0.2) is 4.68 Å². The molecule has 2 aromatic carbocycles. The fourth-order valence-corrected chi connectivity index (χ4v) is 6.53. The highest BCUT2D eigenvalue weighted by molar-refractivity contribution is 8.00. The van der Waals surface area contributed by atoms with Crippen molar-refractivity contribution in [3.8, 4) is 22.7 Å². The maximum absolute atomic E-state index is 13.6. The molecule has 0 aliphatic carbocycles. The number of ether oxygens (including phenoxy) is 1. The van der Waals surface area contributed by atoms with Gasteiger partial charge in [0.2, 0.25) is 11.8 Å². The second-order valence-electron chi connectivity index (χ2n) is 9.15. The molecule has 1 aliphatic rings. The largest absolute Gasteiger partial charge is 0.497 e. The van der Waals surface area contributed by atoms with Crippen molar-refractivity contribution in [3.05, 3.63) is 81.5 Å². The number of hydrogen-bond donors (Lipinski definition) is 1. The number of aromatic nitrogens is 2. The molecule has 0 saturated carbocycles. The predicted molar refractivity (Wildman–Crippen MR) is 155 cm³/mol. The van der Waals surface area contributed by atoms with E-state index in [-0.39, 0.29) is 35.4 Å². The van der Waals surface area contributed by atoms with Crippen LogP contribution in [0, 0.1) is 0 Å². The number of amides is 2. The first kappa shape index (κ1) is 26.3. The first-order chi connectivity index (χ1) is 18.4. The molecule has 5 rings (SSSR count). The molecule has 0 bridgehead atoms. The Kier molecular flexibility index (Phi) is 7.78. The highest BCUT2D eigenvalue weighted by Gasteiger charge is 2.37. The van der Waals surface area contributed by atoms with E-state index in [4.69, 9.17) is 21.4 Å². The van der Waals surface area contributed by atoms with Gasteiger partial charge in [0.15, 0.2) is 0 Å². The van der Waals surface area contributed by atoms with E-state index < -0.39 is 0 Å². The van der Waals surface area contributed by atoms with Crippen molar-refractivity contribution in [1.82, 2.24) is 15.1 Å². The average molecular weight is 567 g/mol. The molecule has 0 spiro atoms. The monoisotopic (exact) mass is 566 g/mol. The van der Waals surface area contributed by atoms with E-state index in [1.54, 1.807) is 39.8 Å². The fraction of sp³-hybridized carbons (Fsp3) is 0.250. The molecular formula is C28H27ClN4O3S2. The van der Waals surface area contributed by atoms with Gasteiger partial charge in [-0.15, -0.1) is 11.8 Å². The molecule has 0 fully saturated rings. The minimum atomic E-state index is -0.228. The van der Waals surface area contributed by atoms with Crippen LogP contribution in [0.2, 0.25) is 5.02 Å². The normalized spacial score (nSPS) is 15.3. The van der Waals surface area contributed by atoms with Gasteiger partial charge in [0, 0.05) is 22.2 Å². The van der Waals surface area contributed by atoms with Crippen molar-refractivity contribution in [2.45, 2.75) is 25.1 Å². The lowest BCUT2D eigenvalue weighted by Gasteiger charge is -2.23. The molecule has 196 valence electrons. The van der Waals surface area contributed by atoms with E-state index in [0.717, 1.165) is 28.1 Å². The van der Waals surface area contributed by atoms with Gasteiger partial charge in [-0.05, 0) is 72.6 Å². The van der Waals surface area contributed by atoms with E-state index >= 15 is 0 Å². The van der Waals surface area contributed by atoms with Gasteiger partial charge in [0.1, 0.15) is 18.1 Å². The molecule has 0 radical (unpaired) electrons. The highest BCUT2D eigenvalue weighted by Crippen LogP contribution is 2.49. The van der Waals surface area contributed by atoms with Crippen LogP contribution in [0.4, 0.5) is 5.82 Å². The number of methoxy groups -OCH3 is 1. The van der Waals surface area contributed by atoms with Gasteiger partial charge < -0.3 is 10.1 Å². The fourth-order valence-electron chi connectivity index (χ4n) is 4.44. The maximum atomic E-state index is 13.6. The van der Waals surface area contributed by atoms with E-state index in [9.17, 15) is 9.59 Å². The summed E-state index contributed by atoms with van der Waals surface area (Å²) in [5.41, 5.74) is 4.34. The minimum Gasteiger partial charge on any atom is -0.497 e. The van der Waals surface area contributed by atoms with Gasteiger partial charge in [-0.2, -0.15) is 16.4 Å². The van der Waals surface area contributed by atoms with Gasteiger partial charge in [0.05, 0.1) is 29.5 Å². The van der Waals surface area contributed by atoms with Crippen molar-refractivity contribution in [3.63, 3.8) is 0 Å². The maximum Gasteiger partial charge on any atom is 0.240 e. The van der Waals surface area contributed by atoms with Crippen LogP contribution in [0.25, 0.3) is 16.9 Å². The summed E-state index contributed by atoms with van der Waals surface area (Å²) in [4.78, 5) is 28.2. The zero-order valence-electron chi connectivity index (χ0n) is 21.2. The lowest BCUT2D eigenvalue weighted by atomic mass is 10.0. The van der Waals surface area contributed by atoms with Crippen LogP contribution in [-0.4, -0.2) is 47.0 Å². The summed E-state index contributed by atoms with van der Waals surface area (Å²) in [5, 5.41) is 12.6. The number of benzene rings is 2. The Bertz CT molecular complexity index is 1430. The Morgan fingerprint density at radius 3 is 2.53 bits per heavy atom. The van der Waals surface area contributed by atoms with Crippen LogP contribution in [-0.2, 0) is 9.59 Å². The van der Waals surface area contributed by atoms with Gasteiger partial charge in [0.25, 0.3) is 0 Å². The summed E-state index contributed by atoms with van der Waals surface area (Å²) in [5.74, 6) is 1.15. The number of thiophene rings is 1. The number of rotatable bonds is 7. The molecule has 2 amide bonds. The molecular weight excluding hydrogens is 540 g/mol. The third-order valence-electron chi connectivity index (χ3n) is 6.12. The highest BCUT2D eigenvalue weighted by atomic mass is 35.5. The first-order valence-corrected chi connectivity index (χ1v) is 14.5. The molecule has 38 heavy (non-hydrogen) atoms. The Labute approximate surface area is 234 Å². The summed E-state index contributed by atoms with van der Waals surface area (Å²) in [6.45, 7) is 3.69. The quantitative estimate of drug-likeness (QED) is 0.299. The first-order valence-electron chi connectivity index (χ1n) is 12.1. The number of carbonyl (C=O) groups excluding carboxylic acids is 2. The molecule has 1 N–H and O–H groups in total. The topological polar surface area (TPSA) is 76.5 Å². The molecule has 0 saturated heterocycles. The number of carbonyl (C=O) groups is 2. The number of nitrogens with zero attached hydrogens (tertiary/aromatic N) is 3. The number of thioether (sulfide) groups is 1. The Morgan fingerprint density at radius 2 is 1.89 bits per heavy atom. The number of hydrogen-bond acceptors (Lipinski definition) is 6. The van der Waals surface area contributed by atoms with Crippen molar-refractivity contribution in [2.75, 3.05) is 24.3 Å². The van der Waals surface area contributed by atoms with Crippen molar-refractivity contribution in [2.24, 2.45) is 0 Å². The minimum absolute atomic E-state index is 0.0480. The molecule has 10 heteroatoms. The second kappa shape index (κ2) is 11.2. The lowest BCUT2D eigenvalue weighted by molar-refractivity contribution is -0.123. The van der Waals surface area contributed by atoms with Crippen LogP contribution in [0.5, 0.6) is 5.75 Å². The molecule has 0 unspecified atom stereocenters. The van der Waals surface area contributed by atoms with Crippen LogP contribution in [0.15, 0.2) is 65.4 Å². The third-order valence-corrected chi connectivity index (χ3v) is 8.33. The molecule has 3 heterocycles. The molecule has 1 aliphatic heterocycles. The Hall–Kier alpha value is -3.27. The lowest BCUT2D eigenvalue weighted by Crippen LogP contribution is -2.44. The van der Waals surface area contributed by atoms with Crippen molar-refractivity contribution < 1.29 is 14.3 Å². The standard InChI is InChI=1S/C28H27ClN4O3S2/c1-17(2)30-23(34)14-32-24(35)16-38-27(19-12-13-37-15-19)25-26(18-4-6-20(29)7-5-18)31-33(28(25)32)21-8-10-22(36-3)11-9-21/h4-13,15,17,27H,14,16H2,1-3H3,(H,30,34)/t27-/m1/s1.